The normalized spacial score (nSPS) is 10.8. The Bertz CT molecular complexity index is 612. The van der Waals surface area contributed by atoms with Gasteiger partial charge in [-0.25, -0.2) is 4.79 Å². The summed E-state index contributed by atoms with van der Waals surface area (Å²) in [5.74, 6) is 0.221. The maximum atomic E-state index is 10.7. The molecule has 0 aliphatic rings. The van der Waals surface area contributed by atoms with Gasteiger partial charge in [0.15, 0.2) is 0 Å². The molecule has 1 aromatic heterocycles. The molecule has 7 heteroatoms. The van der Waals surface area contributed by atoms with E-state index >= 15 is 0 Å². The highest BCUT2D eigenvalue weighted by atomic mass is 32.1. The summed E-state index contributed by atoms with van der Waals surface area (Å²) in [5.41, 5.74) is 0.786. The van der Waals surface area contributed by atoms with Crippen molar-refractivity contribution in [3.05, 3.63) is 55.6 Å². The number of rotatable bonds is 3. The van der Waals surface area contributed by atoms with Crippen LogP contribution in [0.25, 0.3) is 12.2 Å². The van der Waals surface area contributed by atoms with E-state index in [2.05, 4.69) is 4.37 Å². The third-order valence-electron chi connectivity index (χ3n) is 1.92. The van der Waals surface area contributed by atoms with E-state index in [9.17, 15) is 14.9 Å². The van der Waals surface area contributed by atoms with E-state index in [1.807, 2.05) is 0 Å². The van der Waals surface area contributed by atoms with Crippen LogP contribution in [0.4, 0.5) is 5.69 Å². The van der Waals surface area contributed by atoms with Crippen LogP contribution < -0.4 is 4.94 Å². The first-order valence-electron chi connectivity index (χ1n) is 4.54. The summed E-state index contributed by atoms with van der Waals surface area (Å²) >= 11 is 0.733. The van der Waals surface area contributed by atoms with Crippen LogP contribution in [0.5, 0.6) is 0 Å². The quantitative estimate of drug-likeness (QED) is 0.615. The molecule has 6 nitrogen and oxygen atoms in total. The molecule has 0 fully saturated rings. The van der Waals surface area contributed by atoms with E-state index in [4.69, 9.17) is 4.42 Å². The van der Waals surface area contributed by atoms with Gasteiger partial charge in [-0.15, -0.1) is 4.37 Å². The van der Waals surface area contributed by atoms with Gasteiger partial charge >= 0.3 is 4.94 Å². The Labute approximate surface area is 99.1 Å². The van der Waals surface area contributed by atoms with E-state index in [0.717, 1.165) is 17.1 Å². The standard InChI is InChI=1S/C10H6N2O4S/c13-10-16-9(11-17-10)6-3-7-1-4-8(5-2-7)12(14)15/h1-6H/b6-3+. The largest absolute Gasteiger partial charge is 0.414 e. The zero-order valence-corrected chi connectivity index (χ0v) is 9.22. The summed E-state index contributed by atoms with van der Waals surface area (Å²) in [6.45, 7) is 0. The Morgan fingerprint density at radius 2 is 2.00 bits per heavy atom. The number of nitro benzene ring substituents is 1. The minimum absolute atomic E-state index is 0.0299. The minimum Gasteiger partial charge on any atom is -0.395 e. The maximum absolute atomic E-state index is 10.7. The summed E-state index contributed by atoms with van der Waals surface area (Å²) in [6.07, 6.45) is 3.18. The molecule has 0 aliphatic heterocycles. The van der Waals surface area contributed by atoms with E-state index in [1.165, 1.54) is 18.2 Å². The average Bonchev–Trinajstić information content (AvgIpc) is 2.73. The molecule has 1 heterocycles. The van der Waals surface area contributed by atoms with Crippen molar-refractivity contribution < 1.29 is 9.34 Å². The number of hydrogen-bond donors (Lipinski definition) is 0. The highest BCUT2D eigenvalue weighted by Crippen LogP contribution is 2.13. The van der Waals surface area contributed by atoms with E-state index < -0.39 is 9.86 Å². The van der Waals surface area contributed by atoms with Gasteiger partial charge in [-0.3, -0.25) is 10.1 Å². The van der Waals surface area contributed by atoms with Crippen molar-refractivity contribution in [2.45, 2.75) is 0 Å². The Morgan fingerprint density at radius 3 is 2.53 bits per heavy atom. The molecule has 0 bridgehead atoms. The monoisotopic (exact) mass is 250 g/mol. The summed E-state index contributed by atoms with van der Waals surface area (Å²) in [6, 6.07) is 5.99. The van der Waals surface area contributed by atoms with Crippen molar-refractivity contribution in [2.75, 3.05) is 0 Å². The maximum Gasteiger partial charge on any atom is 0.414 e. The van der Waals surface area contributed by atoms with Crippen LogP contribution in [-0.4, -0.2) is 9.30 Å². The molecule has 0 spiro atoms. The van der Waals surface area contributed by atoms with Crippen LogP contribution in [0.1, 0.15) is 11.5 Å². The zero-order chi connectivity index (χ0) is 12.3. The SMILES string of the molecule is O=c1oc(/C=C/c2ccc([N+](=O)[O-])cc2)ns1. The topological polar surface area (TPSA) is 86.2 Å². The van der Waals surface area contributed by atoms with Gasteiger partial charge in [0.05, 0.1) is 16.5 Å². The third-order valence-corrected chi connectivity index (χ3v) is 2.42. The molecule has 2 aromatic rings. The number of aromatic nitrogens is 1. The lowest BCUT2D eigenvalue weighted by atomic mass is 10.2. The highest BCUT2D eigenvalue weighted by molar-refractivity contribution is 7.02. The Morgan fingerprint density at radius 1 is 1.29 bits per heavy atom. The summed E-state index contributed by atoms with van der Waals surface area (Å²) < 4.78 is 8.47. The summed E-state index contributed by atoms with van der Waals surface area (Å²) in [7, 11) is 0. The van der Waals surface area contributed by atoms with Crippen LogP contribution in [0, 0.1) is 10.1 Å². The molecule has 0 atom stereocenters. The molecule has 86 valence electrons. The van der Waals surface area contributed by atoms with Gasteiger partial charge in [0.2, 0.25) is 5.89 Å². The second kappa shape index (κ2) is 4.71. The predicted molar refractivity (Wildman–Crippen MR) is 62.7 cm³/mol. The Hall–Kier alpha value is -2.28. The number of non-ortho nitro benzene ring substituents is 1. The first-order valence-corrected chi connectivity index (χ1v) is 5.32. The molecule has 0 aliphatic carbocycles. The van der Waals surface area contributed by atoms with Crippen LogP contribution in [0.3, 0.4) is 0 Å². The van der Waals surface area contributed by atoms with Gasteiger partial charge in [-0.05, 0) is 23.8 Å². The van der Waals surface area contributed by atoms with Crippen LogP contribution >= 0.6 is 11.5 Å². The van der Waals surface area contributed by atoms with Crippen molar-refractivity contribution in [3.63, 3.8) is 0 Å². The molecule has 0 unspecified atom stereocenters. The van der Waals surface area contributed by atoms with Gasteiger partial charge in [-0.1, -0.05) is 0 Å². The molecule has 17 heavy (non-hydrogen) atoms. The lowest BCUT2D eigenvalue weighted by molar-refractivity contribution is -0.384. The van der Waals surface area contributed by atoms with Crippen molar-refractivity contribution in [1.29, 1.82) is 0 Å². The third kappa shape index (κ3) is 2.85. The van der Waals surface area contributed by atoms with E-state index in [-0.39, 0.29) is 11.6 Å². The smallest absolute Gasteiger partial charge is 0.395 e. The van der Waals surface area contributed by atoms with Crippen LogP contribution in [0.2, 0.25) is 0 Å². The molecule has 2 rings (SSSR count). The second-order valence-electron chi connectivity index (χ2n) is 3.05. The number of benzene rings is 1. The van der Waals surface area contributed by atoms with Gasteiger partial charge < -0.3 is 4.42 Å². The molecular formula is C10H6N2O4S. The fraction of sp³-hybridized carbons (Fsp3) is 0. The van der Waals surface area contributed by atoms with Crippen molar-refractivity contribution >= 4 is 29.4 Å². The fourth-order valence-electron chi connectivity index (χ4n) is 1.14. The summed E-state index contributed by atoms with van der Waals surface area (Å²) in [4.78, 5) is 20.2. The first-order chi connectivity index (χ1) is 8.15. The molecule has 0 radical (unpaired) electrons. The lowest BCUT2D eigenvalue weighted by Gasteiger charge is -1.92. The van der Waals surface area contributed by atoms with Gasteiger partial charge in [0, 0.05) is 18.2 Å². The van der Waals surface area contributed by atoms with Crippen molar-refractivity contribution in [1.82, 2.24) is 4.37 Å². The zero-order valence-electron chi connectivity index (χ0n) is 8.40. The number of nitrogens with zero attached hydrogens (tertiary/aromatic N) is 2. The molecule has 0 amide bonds. The first kappa shape index (κ1) is 11.2. The molecular weight excluding hydrogens is 244 g/mol. The predicted octanol–water partition coefficient (Wildman–Crippen LogP) is 2.17. The van der Waals surface area contributed by atoms with Crippen molar-refractivity contribution in [2.24, 2.45) is 0 Å². The second-order valence-corrected chi connectivity index (χ2v) is 3.75. The lowest BCUT2D eigenvalue weighted by Crippen LogP contribution is -1.86. The fourth-order valence-corrected chi connectivity index (χ4v) is 1.53. The van der Waals surface area contributed by atoms with E-state index in [1.54, 1.807) is 18.2 Å². The molecule has 1 aromatic carbocycles. The average molecular weight is 250 g/mol. The van der Waals surface area contributed by atoms with E-state index in [0.29, 0.717) is 0 Å². The van der Waals surface area contributed by atoms with Crippen LogP contribution in [-0.2, 0) is 0 Å². The molecule has 0 N–H and O–H groups in total. The Balaban J connectivity index is 2.16. The minimum atomic E-state index is -0.465. The molecule has 0 saturated heterocycles. The summed E-state index contributed by atoms with van der Waals surface area (Å²) in [5, 5.41) is 10.4. The van der Waals surface area contributed by atoms with Crippen molar-refractivity contribution in [3.8, 4) is 0 Å². The van der Waals surface area contributed by atoms with Gasteiger partial charge in [-0.2, -0.15) is 0 Å². The number of nitro groups is 1. The number of hydrogen-bond acceptors (Lipinski definition) is 6. The van der Waals surface area contributed by atoms with Gasteiger partial charge in [0.25, 0.3) is 5.69 Å². The molecule has 0 saturated carbocycles. The van der Waals surface area contributed by atoms with Gasteiger partial charge in [0.1, 0.15) is 0 Å². The van der Waals surface area contributed by atoms with Crippen LogP contribution in [0.15, 0.2) is 33.5 Å². The Kier molecular flexibility index (Phi) is 3.10. The highest BCUT2D eigenvalue weighted by Gasteiger charge is 2.02.